The number of nitrogens with one attached hydrogen (secondary N) is 2. The second-order valence-electron chi connectivity index (χ2n) is 7.00. The third-order valence-electron chi connectivity index (χ3n) is 4.78. The van der Waals surface area contributed by atoms with Crippen molar-refractivity contribution in [2.24, 2.45) is 0 Å². The van der Waals surface area contributed by atoms with Gasteiger partial charge in [0.05, 0.1) is 0 Å². The third kappa shape index (κ3) is 3.30. The predicted octanol–water partition coefficient (Wildman–Crippen LogP) is 4.23. The lowest BCUT2D eigenvalue weighted by molar-refractivity contribution is 0.530. The number of aromatic nitrogens is 2. The number of rotatable bonds is 6. The molecule has 2 aliphatic carbocycles. The Labute approximate surface area is 128 Å². The van der Waals surface area contributed by atoms with E-state index in [-0.39, 0.29) is 5.54 Å². The van der Waals surface area contributed by atoms with Crippen molar-refractivity contribution in [1.29, 1.82) is 0 Å². The zero-order valence-electron chi connectivity index (χ0n) is 13.6. The molecule has 0 unspecified atom stereocenters. The van der Waals surface area contributed by atoms with Crippen LogP contribution in [0.15, 0.2) is 0 Å². The van der Waals surface area contributed by atoms with E-state index in [0.29, 0.717) is 5.92 Å². The molecule has 0 aliphatic heterocycles. The summed E-state index contributed by atoms with van der Waals surface area (Å²) < 4.78 is 0. The van der Waals surface area contributed by atoms with Gasteiger partial charge in [-0.05, 0) is 46.0 Å². The molecule has 1 heterocycles. The van der Waals surface area contributed by atoms with Crippen LogP contribution >= 0.6 is 0 Å². The summed E-state index contributed by atoms with van der Waals surface area (Å²) >= 11 is 0. The second kappa shape index (κ2) is 5.82. The van der Waals surface area contributed by atoms with Crippen LogP contribution in [0.4, 0.5) is 11.6 Å². The summed E-state index contributed by atoms with van der Waals surface area (Å²) in [7, 11) is 0. The van der Waals surface area contributed by atoms with Crippen LogP contribution in [0.5, 0.6) is 0 Å². The van der Waals surface area contributed by atoms with E-state index in [2.05, 4.69) is 31.4 Å². The highest BCUT2D eigenvalue weighted by atomic mass is 15.1. The SMILES string of the molecule is CCCNc1nc(C2CC2)nc(NC2(C)CCCC2)c1C. The Morgan fingerprint density at radius 2 is 1.81 bits per heavy atom. The molecule has 4 heteroatoms. The summed E-state index contributed by atoms with van der Waals surface area (Å²) in [6.45, 7) is 7.62. The lowest BCUT2D eigenvalue weighted by Crippen LogP contribution is -2.32. The van der Waals surface area contributed by atoms with Crippen molar-refractivity contribution in [3.05, 3.63) is 11.4 Å². The maximum Gasteiger partial charge on any atom is 0.136 e. The van der Waals surface area contributed by atoms with Gasteiger partial charge in [-0.1, -0.05) is 19.8 Å². The molecule has 3 rings (SSSR count). The lowest BCUT2D eigenvalue weighted by atomic mass is 10.0. The van der Waals surface area contributed by atoms with E-state index in [1.165, 1.54) is 44.1 Å². The van der Waals surface area contributed by atoms with Crippen molar-refractivity contribution < 1.29 is 0 Å². The number of nitrogens with zero attached hydrogens (tertiary/aromatic N) is 2. The third-order valence-corrected chi connectivity index (χ3v) is 4.78. The zero-order valence-corrected chi connectivity index (χ0v) is 13.6. The smallest absolute Gasteiger partial charge is 0.136 e. The molecule has 0 atom stereocenters. The monoisotopic (exact) mass is 288 g/mol. The molecule has 0 radical (unpaired) electrons. The number of hydrogen-bond acceptors (Lipinski definition) is 4. The van der Waals surface area contributed by atoms with E-state index in [1.807, 2.05) is 0 Å². The fourth-order valence-electron chi connectivity index (χ4n) is 3.16. The van der Waals surface area contributed by atoms with Crippen LogP contribution in [0.1, 0.15) is 76.1 Å². The molecule has 2 saturated carbocycles. The molecule has 2 fully saturated rings. The van der Waals surface area contributed by atoms with Crippen molar-refractivity contribution in [3.8, 4) is 0 Å². The Bertz CT molecular complexity index is 502. The molecule has 2 aliphatic rings. The highest BCUT2D eigenvalue weighted by molar-refractivity contribution is 5.58. The van der Waals surface area contributed by atoms with E-state index in [1.54, 1.807) is 0 Å². The molecule has 1 aromatic heterocycles. The van der Waals surface area contributed by atoms with Gasteiger partial charge in [-0.25, -0.2) is 9.97 Å². The fourth-order valence-corrected chi connectivity index (χ4v) is 3.16. The largest absolute Gasteiger partial charge is 0.370 e. The first kappa shape index (κ1) is 14.6. The highest BCUT2D eigenvalue weighted by Gasteiger charge is 2.32. The van der Waals surface area contributed by atoms with E-state index < -0.39 is 0 Å². The quantitative estimate of drug-likeness (QED) is 0.822. The summed E-state index contributed by atoms with van der Waals surface area (Å²) in [6.07, 6.45) is 8.73. The van der Waals surface area contributed by atoms with Crippen LogP contribution in [0.3, 0.4) is 0 Å². The first-order valence-electron chi connectivity index (χ1n) is 8.52. The molecule has 0 amide bonds. The molecule has 2 N–H and O–H groups in total. The minimum absolute atomic E-state index is 0.210. The number of hydrogen-bond donors (Lipinski definition) is 2. The van der Waals surface area contributed by atoms with Gasteiger partial charge in [0.1, 0.15) is 17.5 Å². The zero-order chi connectivity index (χ0) is 14.9. The molecule has 116 valence electrons. The minimum Gasteiger partial charge on any atom is -0.370 e. The van der Waals surface area contributed by atoms with E-state index in [0.717, 1.165) is 30.4 Å². The Morgan fingerprint density at radius 1 is 1.14 bits per heavy atom. The molecule has 0 aromatic carbocycles. The standard InChI is InChI=1S/C17H28N4/c1-4-11-18-14-12(2)15(20-16(19-14)13-7-8-13)21-17(3)9-5-6-10-17/h13H,4-11H2,1-3H3,(H2,18,19,20,21). The van der Waals surface area contributed by atoms with Crippen molar-refractivity contribution in [2.45, 2.75) is 77.2 Å². The Morgan fingerprint density at radius 3 is 2.43 bits per heavy atom. The molecule has 0 saturated heterocycles. The van der Waals surface area contributed by atoms with Crippen LogP contribution in [-0.4, -0.2) is 22.1 Å². The van der Waals surface area contributed by atoms with Gasteiger partial charge in [-0.2, -0.15) is 0 Å². The van der Waals surface area contributed by atoms with Gasteiger partial charge in [-0.15, -0.1) is 0 Å². The fraction of sp³-hybridized carbons (Fsp3) is 0.765. The molecule has 4 nitrogen and oxygen atoms in total. The molecular weight excluding hydrogens is 260 g/mol. The molecule has 1 aromatic rings. The Hall–Kier alpha value is -1.32. The average Bonchev–Trinajstić information content (AvgIpc) is 3.23. The Kier molecular flexibility index (Phi) is 4.05. The summed E-state index contributed by atoms with van der Waals surface area (Å²) in [4.78, 5) is 9.62. The summed E-state index contributed by atoms with van der Waals surface area (Å²) in [5.41, 5.74) is 1.38. The maximum atomic E-state index is 4.85. The summed E-state index contributed by atoms with van der Waals surface area (Å²) in [6, 6.07) is 0. The molecule has 0 spiro atoms. The second-order valence-corrected chi connectivity index (χ2v) is 7.00. The lowest BCUT2D eigenvalue weighted by Gasteiger charge is -2.27. The van der Waals surface area contributed by atoms with E-state index in [4.69, 9.17) is 9.97 Å². The van der Waals surface area contributed by atoms with Crippen molar-refractivity contribution in [1.82, 2.24) is 9.97 Å². The predicted molar refractivity (Wildman–Crippen MR) is 88.0 cm³/mol. The highest BCUT2D eigenvalue weighted by Crippen LogP contribution is 2.40. The van der Waals surface area contributed by atoms with Gasteiger partial charge in [0.25, 0.3) is 0 Å². The van der Waals surface area contributed by atoms with Gasteiger partial charge in [0.2, 0.25) is 0 Å². The summed E-state index contributed by atoms with van der Waals surface area (Å²) in [5.74, 6) is 3.70. The van der Waals surface area contributed by atoms with Crippen molar-refractivity contribution in [3.63, 3.8) is 0 Å². The van der Waals surface area contributed by atoms with E-state index >= 15 is 0 Å². The first-order chi connectivity index (χ1) is 10.1. The first-order valence-corrected chi connectivity index (χ1v) is 8.52. The van der Waals surface area contributed by atoms with Crippen molar-refractivity contribution >= 4 is 11.6 Å². The van der Waals surface area contributed by atoms with Gasteiger partial charge in [-0.3, -0.25) is 0 Å². The minimum atomic E-state index is 0.210. The molecule has 21 heavy (non-hydrogen) atoms. The van der Waals surface area contributed by atoms with Gasteiger partial charge in [0.15, 0.2) is 0 Å². The average molecular weight is 288 g/mol. The van der Waals surface area contributed by atoms with Crippen molar-refractivity contribution in [2.75, 3.05) is 17.2 Å². The van der Waals surface area contributed by atoms with Crippen LogP contribution in [0, 0.1) is 6.92 Å². The van der Waals surface area contributed by atoms with Crippen LogP contribution in [0.2, 0.25) is 0 Å². The van der Waals surface area contributed by atoms with Gasteiger partial charge >= 0.3 is 0 Å². The van der Waals surface area contributed by atoms with Crippen LogP contribution in [0.25, 0.3) is 0 Å². The van der Waals surface area contributed by atoms with Gasteiger partial charge in [0, 0.05) is 23.6 Å². The normalized spacial score (nSPS) is 20.5. The van der Waals surface area contributed by atoms with Crippen LogP contribution < -0.4 is 10.6 Å². The summed E-state index contributed by atoms with van der Waals surface area (Å²) in [5, 5.41) is 7.21. The van der Waals surface area contributed by atoms with E-state index in [9.17, 15) is 0 Å². The molecule has 0 bridgehead atoms. The molecular formula is C17H28N4. The van der Waals surface area contributed by atoms with Crippen LogP contribution in [-0.2, 0) is 0 Å². The topological polar surface area (TPSA) is 49.8 Å². The number of anilines is 2. The maximum absolute atomic E-state index is 4.85. The Balaban J connectivity index is 1.87. The van der Waals surface area contributed by atoms with Gasteiger partial charge < -0.3 is 10.6 Å².